The summed E-state index contributed by atoms with van der Waals surface area (Å²) < 4.78 is 27.4. The molecule has 178 valence electrons. The average molecular weight is 484 g/mol. The van der Waals surface area contributed by atoms with Crippen molar-refractivity contribution < 1.29 is 23.2 Å². The van der Waals surface area contributed by atoms with E-state index in [0.29, 0.717) is 17.3 Å². The van der Waals surface area contributed by atoms with Crippen molar-refractivity contribution in [1.82, 2.24) is 19.7 Å². The number of fused-ring (bicyclic) bond motifs is 1. The Morgan fingerprint density at radius 1 is 0.971 bits per heavy atom. The Labute approximate surface area is 196 Å². The van der Waals surface area contributed by atoms with Gasteiger partial charge >= 0.3 is 7.60 Å². The minimum Gasteiger partial charge on any atom is -0.411 e. The van der Waals surface area contributed by atoms with Crippen LogP contribution in [0, 0.1) is 0 Å². The van der Waals surface area contributed by atoms with E-state index in [2.05, 4.69) is 10.2 Å². The van der Waals surface area contributed by atoms with E-state index in [1.165, 1.54) is 4.90 Å². The number of primary amides is 1. The van der Waals surface area contributed by atoms with Crippen molar-refractivity contribution in [1.29, 1.82) is 0 Å². The molecular formula is C22H25N6O5P. The van der Waals surface area contributed by atoms with Crippen LogP contribution in [0.15, 0.2) is 60.7 Å². The van der Waals surface area contributed by atoms with Crippen LogP contribution < -0.4 is 26.1 Å². The van der Waals surface area contributed by atoms with Gasteiger partial charge in [0.25, 0.3) is 5.57 Å². The molecule has 1 aromatic heterocycles. The van der Waals surface area contributed by atoms with E-state index in [9.17, 15) is 14.2 Å². The molecule has 11 nitrogen and oxygen atoms in total. The molecule has 1 aliphatic heterocycles. The lowest BCUT2D eigenvalue weighted by Gasteiger charge is -2.30. The van der Waals surface area contributed by atoms with Gasteiger partial charge in [-0.25, -0.2) is 4.57 Å². The van der Waals surface area contributed by atoms with Crippen LogP contribution in [-0.2, 0) is 27.2 Å². The Morgan fingerprint density at radius 2 is 1.56 bits per heavy atom. The lowest BCUT2D eigenvalue weighted by molar-refractivity contribution is -0.134. The first-order valence-corrected chi connectivity index (χ1v) is 12.2. The van der Waals surface area contributed by atoms with Gasteiger partial charge in [-0.05, 0) is 30.7 Å². The van der Waals surface area contributed by atoms with Gasteiger partial charge in [-0.2, -0.15) is 0 Å². The highest BCUT2D eigenvalue weighted by molar-refractivity contribution is 7.62. The van der Waals surface area contributed by atoms with Crippen LogP contribution in [0.2, 0.25) is 0 Å². The highest BCUT2D eigenvalue weighted by atomic mass is 31.2. The molecule has 1 atom stereocenters. The first kappa shape index (κ1) is 23.5. The van der Waals surface area contributed by atoms with Crippen LogP contribution in [0.4, 0.5) is 0 Å². The van der Waals surface area contributed by atoms with Gasteiger partial charge in [0.2, 0.25) is 11.8 Å². The number of carbonyl (C=O) groups is 2. The number of carbonyl (C=O) groups excluding carboxylic acids is 2. The maximum atomic E-state index is 14.0. The first-order valence-electron chi connectivity index (χ1n) is 10.7. The predicted octanol–water partition coefficient (Wildman–Crippen LogP) is 1.19. The van der Waals surface area contributed by atoms with Crippen LogP contribution >= 0.6 is 7.60 Å². The molecule has 0 fully saturated rings. The Bertz CT molecular complexity index is 1160. The summed E-state index contributed by atoms with van der Waals surface area (Å²) in [7, 11) is -4.00. The van der Waals surface area contributed by atoms with Gasteiger partial charge < -0.3 is 25.4 Å². The van der Waals surface area contributed by atoms with Crippen LogP contribution in [0.25, 0.3) is 0 Å². The molecule has 0 aliphatic carbocycles. The molecule has 34 heavy (non-hydrogen) atoms. The van der Waals surface area contributed by atoms with Crippen molar-refractivity contribution in [3.05, 3.63) is 66.5 Å². The summed E-state index contributed by atoms with van der Waals surface area (Å²) in [6.45, 7) is 0.677. The highest BCUT2D eigenvalue weighted by Gasteiger charge is 2.40. The van der Waals surface area contributed by atoms with Gasteiger partial charge in [0.15, 0.2) is 5.82 Å². The molecule has 0 bridgehead atoms. The molecule has 2 amide bonds. The molecular weight excluding hydrogens is 459 g/mol. The number of rotatable bonds is 9. The number of para-hydroxylation sites is 2. The van der Waals surface area contributed by atoms with Gasteiger partial charge in [-0.1, -0.05) is 36.4 Å². The van der Waals surface area contributed by atoms with Crippen LogP contribution in [-0.4, -0.2) is 44.1 Å². The van der Waals surface area contributed by atoms with Crippen molar-refractivity contribution in [3.63, 3.8) is 0 Å². The lowest BCUT2D eigenvalue weighted by atomic mass is 10.1. The largest absolute Gasteiger partial charge is 0.500 e. The normalized spacial score (nSPS) is 14.2. The molecule has 0 radical (unpaired) electrons. The molecule has 2 aromatic carbocycles. The maximum absolute atomic E-state index is 14.0. The van der Waals surface area contributed by atoms with E-state index in [1.807, 2.05) is 12.1 Å². The molecule has 0 saturated carbocycles. The van der Waals surface area contributed by atoms with E-state index in [0.717, 1.165) is 0 Å². The summed E-state index contributed by atoms with van der Waals surface area (Å²) >= 11 is 0. The second-order valence-electron chi connectivity index (χ2n) is 7.75. The Balaban J connectivity index is 1.58. The minimum atomic E-state index is -4.00. The molecule has 0 spiro atoms. The van der Waals surface area contributed by atoms with E-state index in [1.54, 1.807) is 53.1 Å². The summed E-state index contributed by atoms with van der Waals surface area (Å²) in [6.07, 6.45) is 0.186. The number of hydrogen-bond acceptors (Lipinski definition) is 8. The molecule has 2 heterocycles. The van der Waals surface area contributed by atoms with Crippen molar-refractivity contribution in [2.75, 3.05) is 6.54 Å². The fraction of sp³-hybridized carbons (Fsp3) is 0.273. The van der Waals surface area contributed by atoms with E-state index < -0.39 is 19.5 Å². The number of nitrogens with zero attached hydrogens (tertiary/aromatic N) is 4. The quantitative estimate of drug-likeness (QED) is 0.429. The monoisotopic (exact) mass is 484 g/mol. The Hall–Kier alpha value is -3.69. The van der Waals surface area contributed by atoms with Crippen LogP contribution in [0.3, 0.4) is 0 Å². The third-order valence-corrected chi connectivity index (χ3v) is 6.97. The summed E-state index contributed by atoms with van der Waals surface area (Å²) in [6, 6.07) is 16.5. The standard InChI is InChI=1S/C22H25N6O5P/c23-18(11-12-19(24)29)21(30)27-13-14-28-20(15-27)25-26-22(28)34(31,32-16-7-3-1-4-8-16)33-17-9-5-2-6-10-17/h1-10,18H,11-15,23H2,(H2,24,29)/t18-/m0/s1. The average Bonchev–Trinajstić information content (AvgIpc) is 3.27. The topological polar surface area (TPSA) is 156 Å². The first-order chi connectivity index (χ1) is 16.4. The number of hydrogen-bond donors (Lipinski definition) is 2. The molecule has 12 heteroatoms. The second-order valence-corrected chi connectivity index (χ2v) is 9.51. The third-order valence-electron chi connectivity index (χ3n) is 5.25. The maximum Gasteiger partial charge on any atom is 0.500 e. The summed E-state index contributed by atoms with van der Waals surface area (Å²) in [5, 5.41) is 8.27. The van der Waals surface area contributed by atoms with Crippen LogP contribution in [0.1, 0.15) is 18.7 Å². The van der Waals surface area contributed by atoms with Gasteiger partial charge in [-0.15, -0.1) is 10.2 Å². The van der Waals surface area contributed by atoms with E-state index >= 15 is 0 Å². The van der Waals surface area contributed by atoms with Gasteiger partial charge in [-0.3, -0.25) is 14.2 Å². The zero-order valence-corrected chi connectivity index (χ0v) is 19.2. The van der Waals surface area contributed by atoms with Crippen molar-refractivity contribution in [2.24, 2.45) is 11.5 Å². The zero-order valence-electron chi connectivity index (χ0n) is 18.3. The second kappa shape index (κ2) is 10.1. The summed E-state index contributed by atoms with van der Waals surface area (Å²) in [5.74, 6) is 0.296. The Kier molecular flexibility index (Phi) is 6.95. The minimum absolute atomic E-state index is 0.0257. The van der Waals surface area contributed by atoms with Crippen molar-refractivity contribution in [3.8, 4) is 11.5 Å². The van der Waals surface area contributed by atoms with Gasteiger partial charge in [0, 0.05) is 19.5 Å². The predicted molar refractivity (Wildman–Crippen MR) is 123 cm³/mol. The molecule has 4 N–H and O–H groups in total. The van der Waals surface area contributed by atoms with Gasteiger partial charge in [0.1, 0.15) is 11.5 Å². The molecule has 0 unspecified atom stereocenters. The van der Waals surface area contributed by atoms with Crippen LogP contribution in [0.5, 0.6) is 11.5 Å². The molecule has 1 aliphatic rings. The number of amides is 2. The zero-order chi connectivity index (χ0) is 24.1. The number of aromatic nitrogens is 3. The molecule has 0 saturated heterocycles. The highest BCUT2D eigenvalue weighted by Crippen LogP contribution is 2.47. The van der Waals surface area contributed by atoms with Crippen molar-refractivity contribution in [2.45, 2.75) is 32.0 Å². The Morgan fingerprint density at radius 3 is 2.12 bits per heavy atom. The lowest BCUT2D eigenvalue weighted by Crippen LogP contribution is -2.48. The summed E-state index contributed by atoms with van der Waals surface area (Å²) in [5.41, 5.74) is 11.1. The van der Waals surface area contributed by atoms with Crippen molar-refractivity contribution >= 4 is 25.0 Å². The SMILES string of the molecule is NC(=O)CC[C@H](N)C(=O)N1CCn2c(nnc2P(=O)(Oc2ccccc2)Oc2ccccc2)C1. The third kappa shape index (κ3) is 5.27. The fourth-order valence-corrected chi connectivity index (χ4v) is 5.19. The van der Waals surface area contributed by atoms with Gasteiger partial charge in [0.05, 0.1) is 12.6 Å². The number of benzene rings is 2. The summed E-state index contributed by atoms with van der Waals surface area (Å²) in [4.78, 5) is 25.2. The van der Waals surface area contributed by atoms with E-state index in [4.69, 9.17) is 20.5 Å². The fourth-order valence-electron chi connectivity index (χ4n) is 3.53. The molecule has 4 rings (SSSR count). The molecule has 3 aromatic rings. The smallest absolute Gasteiger partial charge is 0.411 e. The van der Waals surface area contributed by atoms with E-state index in [-0.39, 0.29) is 43.9 Å². The number of nitrogens with two attached hydrogens (primary N) is 2.